The minimum Gasteiger partial charge on any atom is -0.493 e. The van der Waals surface area contributed by atoms with Crippen LogP contribution in [-0.2, 0) is 11.8 Å². The van der Waals surface area contributed by atoms with Crippen LogP contribution in [0.1, 0.15) is 57.1 Å². The van der Waals surface area contributed by atoms with Gasteiger partial charge in [0.2, 0.25) is 0 Å². The summed E-state index contributed by atoms with van der Waals surface area (Å²) in [7, 11) is 3.29. The van der Waals surface area contributed by atoms with Crippen LogP contribution in [0.2, 0.25) is 5.02 Å². The van der Waals surface area contributed by atoms with Gasteiger partial charge in [0.25, 0.3) is 0 Å². The van der Waals surface area contributed by atoms with Crippen LogP contribution < -0.4 is 15.2 Å². The van der Waals surface area contributed by atoms with Crippen LogP contribution in [-0.4, -0.2) is 20.3 Å². The lowest BCUT2D eigenvalue weighted by Gasteiger charge is -2.45. The first-order valence-electron chi connectivity index (χ1n) is 8.25. The second-order valence-corrected chi connectivity index (χ2v) is 6.64. The second-order valence-electron chi connectivity index (χ2n) is 6.26. The highest BCUT2D eigenvalue weighted by Gasteiger charge is 2.43. The van der Waals surface area contributed by atoms with Crippen LogP contribution >= 0.6 is 24.0 Å². The van der Waals surface area contributed by atoms with Crippen LogP contribution in [0.15, 0.2) is 6.07 Å². The normalized spacial score (nSPS) is 18.8. The molecule has 0 fully saturated rings. The summed E-state index contributed by atoms with van der Waals surface area (Å²) in [4.78, 5) is 0. The highest BCUT2D eigenvalue weighted by Crippen LogP contribution is 2.51. The Morgan fingerprint density at radius 3 is 2.30 bits per heavy atom. The summed E-state index contributed by atoms with van der Waals surface area (Å²) < 4.78 is 11.0. The van der Waals surface area contributed by atoms with Gasteiger partial charge in [-0.1, -0.05) is 38.3 Å². The van der Waals surface area contributed by atoms with Gasteiger partial charge in [0, 0.05) is 11.5 Å². The smallest absolute Gasteiger partial charge is 0.179 e. The fourth-order valence-corrected chi connectivity index (χ4v) is 4.63. The molecule has 23 heavy (non-hydrogen) atoms. The molecule has 1 unspecified atom stereocenters. The van der Waals surface area contributed by atoms with Crippen molar-refractivity contribution < 1.29 is 9.47 Å². The van der Waals surface area contributed by atoms with Crippen LogP contribution in [0.4, 0.5) is 0 Å². The van der Waals surface area contributed by atoms with Crippen LogP contribution in [0.5, 0.6) is 11.5 Å². The van der Waals surface area contributed by atoms with Gasteiger partial charge in [0.05, 0.1) is 19.2 Å². The van der Waals surface area contributed by atoms with Crippen molar-refractivity contribution in [2.24, 2.45) is 5.73 Å². The summed E-state index contributed by atoms with van der Waals surface area (Å²) in [6.45, 7) is 4.43. The number of hydrogen-bond acceptors (Lipinski definition) is 3. The SMILES string of the molecule is CCCC1(CCC)c2c(cc(OC)c(OC)c2Cl)CCC1N.Cl. The summed E-state index contributed by atoms with van der Waals surface area (Å²) in [6.07, 6.45) is 6.26. The van der Waals surface area contributed by atoms with Crippen molar-refractivity contribution in [2.75, 3.05) is 14.2 Å². The monoisotopic (exact) mass is 361 g/mol. The third kappa shape index (κ3) is 3.42. The minimum absolute atomic E-state index is 0. The molecule has 0 bridgehead atoms. The van der Waals surface area contributed by atoms with Gasteiger partial charge in [0.15, 0.2) is 11.5 Å². The lowest BCUT2D eigenvalue weighted by Crippen LogP contribution is -2.49. The molecule has 1 aliphatic rings. The summed E-state index contributed by atoms with van der Waals surface area (Å²) in [5.41, 5.74) is 9.03. The molecule has 0 heterocycles. The molecule has 5 heteroatoms. The van der Waals surface area contributed by atoms with Crippen molar-refractivity contribution in [3.05, 3.63) is 22.2 Å². The number of methoxy groups -OCH3 is 2. The number of halogens is 2. The van der Waals surface area contributed by atoms with E-state index in [9.17, 15) is 0 Å². The van der Waals surface area contributed by atoms with E-state index in [2.05, 4.69) is 19.9 Å². The number of benzene rings is 1. The van der Waals surface area contributed by atoms with E-state index in [0.717, 1.165) is 38.5 Å². The lowest BCUT2D eigenvalue weighted by atomic mass is 9.62. The molecule has 1 aromatic carbocycles. The number of aryl methyl sites for hydroxylation is 1. The van der Waals surface area contributed by atoms with Crippen molar-refractivity contribution >= 4 is 24.0 Å². The van der Waals surface area contributed by atoms with Gasteiger partial charge in [-0.05, 0) is 42.9 Å². The first-order chi connectivity index (χ1) is 10.6. The van der Waals surface area contributed by atoms with Gasteiger partial charge in [-0.25, -0.2) is 0 Å². The maximum Gasteiger partial charge on any atom is 0.179 e. The molecule has 3 nitrogen and oxygen atoms in total. The molecule has 2 N–H and O–H groups in total. The zero-order chi connectivity index (χ0) is 16.3. The lowest BCUT2D eigenvalue weighted by molar-refractivity contribution is 0.259. The van der Waals surface area contributed by atoms with E-state index in [1.54, 1.807) is 14.2 Å². The highest BCUT2D eigenvalue weighted by molar-refractivity contribution is 6.33. The topological polar surface area (TPSA) is 44.5 Å². The third-order valence-electron chi connectivity index (χ3n) is 5.02. The average molecular weight is 362 g/mol. The number of fused-ring (bicyclic) bond motifs is 1. The molecular weight excluding hydrogens is 333 g/mol. The van der Waals surface area contributed by atoms with Crippen molar-refractivity contribution in [3.8, 4) is 11.5 Å². The Labute approximate surface area is 151 Å². The molecule has 0 saturated heterocycles. The van der Waals surface area contributed by atoms with Gasteiger partial charge in [0.1, 0.15) is 0 Å². The maximum atomic E-state index is 6.77. The Morgan fingerprint density at radius 2 is 1.83 bits per heavy atom. The zero-order valence-electron chi connectivity index (χ0n) is 14.6. The standard InChI is InChI=1S/C18H28ClNO2.ClH/c1-5-9-18(10-6-2)14(20)8-7-12-11-13(21-3)17(22-4)16(19)15(12)18;/h11,14H,5-10,20H2,1-4H3;1H. The van der Waals surface area contributed by atoms with E-state index in [1.165, 1.54) is 11.1 Å². The molecule has 0 aromatic heterocycles. The first-order valence-corrected chi connectivity index (χ1v) is 8.62. The average Bonchev–Trinajstić information content (AvgIpc) is 2.50. The Kier molecular flexibility index (Phi) is 7.50. The van der Waals surface area contributed by atoms with E-state index in [-0.39, 0.29) is 23.9 Å². The van der Waals surface area contributed by atoms with Gasteiger partial charge in [-0.3, -0.25) is 0 Å². The van der Waals surface area contributed by atoms with E-state index < -0.39 is 0 Å². The van der Waals surface area contributed by atoms with Gasteiger partial charge in [-0.15, -0.1) is 12.4 Å². The predicted molar refractivity (Wildman–Crippen MR) is 99.6 cm³/mol. The fourth-order valence-electron chi connectivity index (χ4n) is 4.15. The summed E-state index contributed by atoms with van der Waals surface area (Å²) in [6, 6.07) is 2.24. The molecule has 0 spiro atoms. The van der Waals surface area contributed by atoms with Crippen molar-refractivity contribution in [3.63, 3.8) is 0 Å². The Morgan fingerprint density at radius 1 is 1.22 bits per heavy atom. The Hall–Kier alpha value is -0.640. The molecule has 2 rings (SSSR count). The quantitative estimate of drug-likeness (QED) is 0.784. The van der Waals surface area contributed by atoms with E-state index in [0.29, 0.717) is 16.5 Å². The van der Waals surface area contributed by atoms with E-state index >= 15 is 0 Å². The fraction of sp³-hybridized carbons (Fsp3) is 0.667. The van der Waals surface area contributed by atoms with Gasteiger partial charge < -0.3 is 15.2 Å². The molecule has 0 radical (unpaired) electrons. The van der Waals surface area contributed by atoms with Crippen molar-refractivity contribution in [2.45, 2.75) is 63.8 Å². The van der Waals surface area contributed by atoms with E-state index in [4.69, 9.17) is 26.8 Å². The zero-order valence-corrected chi connectivity index (χ0v) is 16.1. The molecule has 1 atom stereocenters. The van der Waals surface area contributed by atoms with Gasteiger partial charge >= 0.3 is 0 Å². The highest BCUT2D eigenvalue weighted by atomic mass is 35.5. The number of nitrogens with two attached hydrogens (primary N) is 1. The van der Waals surface area contributed by atoms with Crippen LogP contribution in [0.3, 0.4) is 0 Å². The number of hydrogen-bond donors (Lipinski definition) is 1. The number of rotatable bonds is 6. The molecular formula is C18H29Cl2NO2. The minimum atomic E-state index is -0.0479. The molecule has 0 aliphatic heterocycles. The van der Waals surface area contributed by atoms with Gasteiger partial charge in [-0.2, -0.15) is 0 Å². The molecule has 132 valence electrons. The second kappa shape index (κ2) is 8.46. The largest absolute Gasteiger partial charge is 0.493 e. The summed E-state index contributed by atoms with van der Waals surface area (Å²) in [5, 5.41) is 0.689. The summed E-state index contributed by atoms with van der Waals surface area (Å²) >= 11 is 6.77. The molecule has 0 amide bonds. The Bertz CT molecular complexity index is 528. The first kappa shape index (κ1) is 20.4. The van der Waals surface area contributed by atoms with Crippen molar-refractivity contribution in [1.29, 1.82) is 0 Å². The molecule has 1 aromatic rings. The van der Waals surface area contributed by atoms with E-state index in [1.807, 2.05) is 0 Å². The number of ether oxygens (including phenoxy) is 2. The van der Waals surface area contributed by atoms with Crippen LogP contribution in [0, 0.1) is 0 Å². The Balaban J connectivity index is 0.00000264. The predicted octanol–water partition coefficient (Wildman–Crippen LogP) is 4.89. The molecule has 1 aliphatic carbocycles. The molecule has 0 saturated carbocycles. The van der Waals surface area contributed by atoms with Crippen molar-refractivity contribution in [1.82, 2.24) is 0 Å². The van der Waals surface area contributed by atoms with Crippen LogP contribution in [0.25, 0.3) is 0 Å². The summed E-state index contributed by atoms with van der Waals surface area (Å²) in [5.74, 6) is 1.34. The maximum absolute atomic E-state index is 6.77. The third-order valence-corrected chi connectivity index (χ3v) is 5.38.